The van der Waals surface area contributed by atoms with Crippen LogP contribution < -0.4 is 10.1 Å². The summed E-state index contributed by atoms with van der Waals surface area (Å²) < 4.78 is 9.24. The van der Waals surface area contributed by atoms with Crippen LogP contribution in [0.2, 0.25) is 0 Å². The van der Waals surface area contributed by atoms with E-state index in [1.54, 1.807) is 4.52 Å². The Morgan fingerprint density at radius 1 is 1.03 bits per heavy atom. The zero-order valence-electron chi connectivity index (χ0n) is 18.3. The molecule has 3 heterocycles. The Balaban J connectivity index is 1.26. The number of aromatic nitrogens is 5. The zero-order chi connectivity index (χ0) is 22.6. The van der Waals surface area contributed by atoms with Gasteiger partial charge in [-0.15, -0.1) is 10.2 Å². The Morgan fingerprint density at radius 3 is 2.76 bits per heavy atom. The third-order valence-electron chi connectivity index (χ3n) is 5.43. The number of ether oxygens (including phenoxy) is 1. The van der Waals surface area contributed by atoms with Gasteiger partial charge in [-0.1, -0.05) is 42.5 Å². The molecule has 0 bridgehead atoms. The minimum Gasteiger partial charge on any atom is -0.494 e. The SMILES string of the molecule is CCOc1cccc(CNC(=O)CCc2nnc3c4cc(-c5ccccc5)nn4ccn23)c1. The summed E-state index contributed by atoms with van der Waals surface area (Å²) in [7, 11) is 0. The number of carbonyl (C=O) groups excluding carboxylic acids is 1. The van der Waals surface area contributed by atoms with Gasteiger partial charge in [-0.05, 0) is 30.7 Å². The first-order valence-electron chi connectivity index (χ1n) is 11.0. The van der Waals surface area contributed by atoms with Crippen LogP contribution in [0, 0.1) is 0 Å². The van der Waals surface area contributed by atoms with Crippen LogP contribution in [0.25, 0.3) is 22.4 Å². The molecule has 2 aromatic carbocycles. The second-order valence-corrected chi connectivity index (χ2v) is 7.69. The molecule has 5 rings (SSSR count). The van der Waals surface area contributed by atoms with Gasteiger partial charge in [0.1, 0.15) is 17.1 Å². The molecule has 0 aliphatic heterocycles. The quantitative estimate of drug-likeness (QED) is 0.398. The first-order valence-corrected chi connectivity index (χ1v) is 11.0. The van der Waals surface area contributed by atoms with E-state index >= 15 is 0 Å². The molecule has 8 nitrogen and oxygen atoms in total. The Bertz CT molecular complexity index is 1410. The molecule has 1 amide bonds. The van der Waals surface area contributed by atoms with E-state index in [2.05, 4.69) is 20.6 Å². The Hall–Kier alpha value is -4.20. The number of carbonyl (C=O) groups is 1. The van der Waals surface area contributed by atoms with E-state index < -0.39 is 0 Å². The van der Waals surface area contributed by atoms with E-state index in [0.29, 0.717) is 26.0 Å². The van der Waals surface area contributed by atoms with Gasteiger partial charge in [-0.25, -0.2) is 4.52 Å². The molecule has 5 aromatic rings. The second kappa shape index (κ2) is 9.12. The van der Waals surface area contributed by atoms with Crippen molar-refractivity contribution in [2.24, 2.45) is 0 Å². The predicted molar refractivity (Wildman–Crippen MR) is 125 cm³/mol. The summed E-state index contributed by atoms with van der Waals surface area (Å²) in [4.78, 5) is 12.4. The summed E-state index contributed by atoms with van der Waals surface area (Å²) in [6.07, 6.45) is 4.58. The van der Waals surface area contributed by atoms with Crippen LogP contribution in [0.3, 0.4) is 0 Å². The van der Waals surface area contributed by atoms with Crippen LogP contribution in [0.1, 0.15) is 24.7 Å². The van der Waals surface area contributed by atoms with Crippen molar-refractivity contribution in [3.8, 4) is 17.0 Å². The van der Waals surface area contributed by atoms with Crippen LogP contribution in [0.5, 0.6) is 5.75 Å². The van der Waals surface area contributed by atoms with Crippen LogP contribution in [0.4, 0.5) is 0 Å². The van der Waals surface area contributed by atoms with Crippen molar-refractivity contribution >= 4 is 17.1 Å². The normalized spacial score (nSPS) is 11.2. The van der Waals surface area contributed by atoms with Gasteiger partial charge in [0.2, 0.25) is 5.91 Å². The highest BCUT2D eigenvalue weighted by Gasteiger charge is 2.13. The molecule has 3 aromatic heterocycles. The number of amides is 1. The van der Waals surface area contributed by atoms with Crippen molar-refractivity contribution in [3.05, 3.63) is 84.4 Å². The van der Waals surface area contributed by atoms with Crippen molar-refractivity contribution in [3.63, 3.8) is 0 Å². The molecule has 8 heteroatoms. The summed E-state index contributed by atoms with van der Waals surface area (Å²) in [5, 5.41) is 16.3. The van der Waals surface area contributed by atoms with Crippen LogP contribution in [-0.2, 0) is 17.8 Å². The molecule has 1 N–H and O–H groups in total. The van der Waals surface area contributed by atoms with Crippen molar-refractivity contribution < 1.29 is 9.53 Å². The summed E-state index contributed by atoms with van der Waals surface area (Å²) in [5.41, 5.74) is 4.51. The van der Waals surface area contributed by atoms with Crippen LogP contribution >= 0.6 is 0 Å². The second-order valence-electron chi connectivity index (χ2n) is 7.69. The van der Waals surface area contributed by atoms with Crippen LogP contribution in [0.15, 0.2) is 73.1 Å². The fourth-order valence-corrected chi connectivity index (χ4v) is 3.81. The molecule has 0 aliphatic carbocycles. The Morgan fingerprint density at radius 2 is 1.91 bits per heavy atom. The van der Waals surface area contributed by atoms with E-state index in [0.717, 1.165) is 39.6 Å². The van der Waals surface area contributed by atoms with Crippen molar-refractivity contribution in [1.82, 2.24) is 29.5 Å². The summed E-state index contributed by atoms with van der Waals surface area (Å²) in [6.45, 7) is 3.02. The Labute approximate surface area is 190 Å². The third kappa shape index (κ3) is 4.41. The third-order valence-corrected chi connectivity index (χ3v) is 5.43. The van der Waals surface area contributed by atoms with Crippen LogP contribution in [-0.4, -0.2) is 36.7 Å². The first-order chi connectivity index (χ1) is 16.2. The zero-order valence-corrected chi connectivity index (χ0v) is 18.3. The smallest absolute Gasteiger partial charge is 0.220 e. The number of aryl methyl sites for hydroxylation is 1. The average molecular weight is 441 g/mol. The van der Waals surface area contributed by atoms with Gasteiger partial charge in [0.15, 0.2) is 5.65 Å². The van der Waals surface area contributed by atoms with Gasteiger partial charge in [0.05, 0.1) is 12.3 Å². The lowest BCUT2D eigenvalue weighted by molar-refractivity contribution is -0.121. The topological polar surface area (TPSA) is 85.8 Å². The summed E-state index contributed by atoms with van der Waals surface area (Å²) >= 11 is 0. The number of nitrogens with one attached hydrogen (secondary N) is 1. The highest BCUT2D eigenvalue weighted by atomic mass is 16.5. The average Bonchev–Trinajstić information content (AvgIpc) is 3.46. The molecule has 166 valence electrons. The summed E-state index contributed by atoms with van der Waals surface area (Å²) in [5.74, 6) is 1.51. The van der Waals surface area contributed by atoms with Gasteiger partial charge in [-0.2, -0.15) is 5.10 Å². The highest BCUT2D eigenvalue weighted by molar-refractivity contribution is 5.77. The van der Waals surface area contributed by atoms with Crippen molar-refractivity contribution in [2.75, 3.05) is 6.61 Å². The molecule has 0 atom stereocenters. The predicted octanol–water partition coefficient (Wildman–Crippen LogP) is 3.69. The molecule has 0 saturated carbocycles. The Kier molecular flexibility index (Phi) is 5.72. The number of fused-ring (bicyclic) bond motifs is 3. The van der Waals surface area contributed by atoms with Crippen molar-refractivity contribution in [1.29, 1.82) is 0 Å². The van der Waals surface area contributed by atoms with Gasteiger partial charge in [0.25, 0.3) is 0 Å². The number of nitrogens with zero attached hydrogens (tertiary/aromatic N) is 5. The van der Waals surface area contributed by atoms with E-state index in [1.165, 1.54) is 0 Å². The van der Waals surface area contributed by atoms with Gasteiger partial charge < -0.3 is 10.1 Å². The maximum Gasteiger partial charge on any atom is 0.220 e. The highest BCUT2D eigenvalue weighted by Crippen LogP contribution is 2.22. The van der Waals surface area contributed by atoms with E-state index in [4.69, 9.17) is 4.74 Å². The van der Waals surface area contributed by atoms with E-state index in [9.17, 15) is 4.79 Å². The molecule has 0 radical (unpaired) electrons. The minimum absolute atomic E-state index is 0.0367. The van der Waals surface area contributed by atoms with E-state index in [1.807, 2.05) is 84.4 Å². The standard InChI is InChI=1S/C25H24N6O2/c1-2-33-20-10-6-7-18(15-20)17-26-24(32)12-11-23-27-28-25-22-16-21(19-8-4-3-5-9-19)29-31(22)14-13-30(23)25/h3-10,13-16H,2,11-12,17H2,1H3,(H,26,32). The molecule has 0 unspecified atom stereocenters. The summed E-state index contributed by atoms with van der Waals surface area (Å²) in [6, 6.07) is 19.8. The largest absolute Gasteiger partial charge is 0.494 e. The maximum atomic E-state index is 12.4. The monoisotopic (exact) mass is 440 g/mol. The number of hydrogen-bond donors (Lipinski definition) is 1. The molecular weight excluding hydrogens is 416 g/mol. The molecule has 0 spiro atoms. The molecule has 33 heavy (non-hydrogen) atoms. The van der Waals surface area contributed by atoms with Gasteiger partial charge in [-0.3, -0.25) is 9.20 Å². The minimum atomic E-state index is -0.0367. The molecular formula is C25H24N6O2. The molecule has 0 fully saturated rings. The lowest BCUT2D eigenvalue weighted by Crippen LogP contribution is -2.23. The lowest BCUT2D eigenvalue weighted by atomic mass is 10.1. The van der Waals surface area contributed by atoms with E-state index in [-0.39, 0.29) is 5.91 Å². The fourth-order valence-electron chi connectivity index (χ4n) is 3.81. The van der Waals surface area contributed by atoms with Crippen molar-refractivity contribution in [2.45, 2.75) is 26.3 Å². The lowest BCUT2D eigenvalue weighted by Gasteiger charge is -2.08. The number of rotatable bonds is 8. The van der Waals surface area contributed by atoms with Gasteiger partial charge >= 0.3 is 0 Å². The maximum absolute atomic E-state index is 12.4. The first kappa shape index (κ1) is 20.7. The molecule has 0 aliphatic rings. The molecule has 0 saturated heterocycles. The fraction of sp³-hybridized carbons (Fsp3) is 0.200. The number of benzene rings is 2. The number of hydrogen-bond acceptors (Lipinski definition) is 5. The van der Waals surface area contributed by atoms with Gasteiger partial charge in [0, 0.05) is 37.3 Å².